The number of sulfonamides is 1. The zero-order valence-electron chi connectivity index (χ0n) is 18.6. The van der Waals surface area contributed by atoms with Crippen molar-refractivity contribution in [3.05, 3.63) is 36.9 Å². The van der Waals surface area contributed by atoms with Gasteiger partial charge < -0.3 is 14.7 Å². The smallest absolute Gasteiger partial charge is 0.247 e. The number of rotatable bonds is 7. The van der Waals surface area contributed by atoms with Crippen LogP contribution in [0.3, 0.4) is 0 Å². The van der Waals surface area contributed by atoms with Crippen LogP contribution in [-0.2, 0) is 10.0 Å². The summed E-state index contributed by atoms with van der Waals surface area (Å²) < 4.78 is 34.8. The maximum Gasteiger partial charge on any atom is 0.247 e. The highest BCUT2D eigenvalue weighted by Crippen LogP contribution is 2.36. The summed E-state index contributed by atoms with van der Waals surface area (Å²) in [6.45, 7) is 7.48. The van der Waals surface area contributed by atoms with Crippen LogP contribution in [0.2, 0.25) is 0 Å². The van der Waals surface area contributed by atoms with Crippen molar-refractivity contribution in [3.63, 3.8) is 0 Å². The number of likely N-dealkylation sites (N-methyl/N-ethyl adjacent to an activating group) is 1. The van der Waals surface area contributed by atoms with E-state index >= 15 is 0 Å². The van der Waals surface area contributed by atoms with Crippen LogP contribution >= 0.6 is 0 Å². The molecule has 3 rings (SSSR count). The maximum absolute atomic E-state index is 13.5. The van der Waals surface area contributed by atoms with Gasteiger partial charge in [0, 0.05) is 43.0 Å². The summed E-state index contributed by atoms with van der Waals surface area (Å²) in [4.78, 5) is 10.4. The second-order valence-electron chi connectivity index (χ2n) is 8.29. The SMILES string of the molecule is CCCN(C)C[C@H]1Oc2cc(-c3cncnc3)ccc2S(=O)(=O)N([C@H](C)CO)C[C@H]1C. The Morgan fingerprint density at radius 1 is 1.29 bits per heavy atom. The Labute approximate surface area is 184 Å². The van der Waals surface area contributed by atoms with Crippen LogP contribution in [0.15, 0.2) is 41.8 Å². The van der Waals surface area contributed by atoms with Crippen LogP contribution in [0.4, 0.5) is 0 Å². The Kier molecular flexibility index (Phi) is 7.64. The van der Waals surface area contributed by atoms with Gasteiger partial charge in [-0.15, -0.1) is 0 Å². The van der Waals surface area contributed by atoms with E-state index in [9.17, 15) is 13.5 Å². The van der Waals surface area contributed by atoms with Crippen molar-refractivity contribution in [2.45, 2.75) is 44.2 Å². The van der Waals surface area contributed by atoms with Crippen molar-refractivity contribution < 1.29 is 18.3 Å². The highest BCUT2D eigenvalue weighted by molar-refractivity contribution is 7.89. The minimum absolute atomic E-state index is 0.0695. The Bertz CT molecular complexity index is 971. The largest absolute Gasteiger partial charge is 0.487 e. The minimum Gasteiger partial charge on any atom is -0.487 e. The zero-order chi connectivity index (χ0) is 22.6. The molecule has 1 aromatic carbocycles. The van der Waals surface area contributed by atoms with Gasteiger partial charge in [-0.25, -0.2) is 18.4 Å². The van der Waals surface area contributed by atoms with Gasteiger partial charge in [0.25, 0.3) is 0 Å². The molecular formula is C22H32N4O4S. The van der Waals surface area contributed by atoms with Crippen LogP contribution in [0.1, 0.15) is 27.2 Å². The number of aliphatic hydroxyl groups is 1. The fourth-order valence-electron chi connectivity index (χ4n) is 3.85. The molecule has 0 fully saturated rings. The molecule has 1 aromatic heterocycles. The molecule has 2 aromatic rings. The van der Waals surface area contributed by atoms with Gasteiger partial charge in [-0.2, -0.15) is 4.31 Å². The predicted molar refractivity (Wildman–Crippen MR) is 119 cm³/mol. The number of hydrogen-bond acceptors (Lipinski definition) is 7. The van der Waals surface area contributed by atoms with Crippen LogP contribution in [0, 0.1) is 5.92 Å². The van der Waals surface area contributed by atoms with E-state index in [1.165, 1.54) is 10.6 Å². The van der Waals surface area contributed by atoms with Gasteiger partial charge in [0.15, 0.2) is 0 Å². The molecule has 0 saturated carbocycles. The number of ether oxygens (including phenoxy) is 1. The number of hydrogen-bond donors (Lipinski definition) is 1. The van der Waals surface area contributed by atoms with Crippen molar-refractivity contribution in [2.24, 2.45) is 5.92 Å². The highest BCUT2D eigenvalue weighted by atomic mass is 32.2. The lowest BCUT2D eigenvalue weighted by Crippen LogP contribution is -2.49. The fourth-order valence-corrected chi connectivity index (χ4v) is 5.68. The number of nitrogens with zero attached hydrogens (tertiary/aromatic N) is 4. The lowest BCUT2D eigenvalue weighted by molar-refractivity contribution is 0.0753. The quantitative estimate of drug-likeness (QED) is 0.694. The molecule has 0 bridgehead atoms. The Morgan fingerprint density at radius 2 is 2.00 bits per heavy atom. The van der Waals surface area contributed by atoms with E-state index in [4.69, 9.17) is 4.74 Å². The molecule has 8 nitrogen and oxygen atoms in total. The van der Waals surface area contributed by atoms with E-state index < -0.39 is 16.1 Å². The average molecular weight is 449 g/mol. The first-order valence-electron chi connectivity index (χ1n) is 10.6. The number of aliphatic hydroxyl groups excluding tert-OH is 1. The molecule has 9 heteroatoms. The second kappa shape index (κ2) is 10.0. The van der Waals surface area contributed by atoms with E-state index in [-0.39, 0.29) is 30.1 Å². The molecule has 31 heavy (non-hydrogen) atoms. The first kappa shape index (κ1) is 23.6. The molecule has 1 N–H and O–H groups in total. The molecule has 0 radical (unpaired) electrons. The second-order valence-corrected chi connectivity index (χ2v) is 10.1. The first-order valence-corrected chi connectivity index (χ1v) is 12.1. The molecule has 3 atom stereocenters. The van der Waals surface area contributed by atoms with Gasteiger partial charge in [-0.1, -0.05) is 19.9 Å². The number of benzene rings is 1. The summed E-state index contributed by atoms with van der Waals surface area (Å²) in [5, 5.41) is 9.73. The molecule has 170 valence electrons. The van der Waals surface area contributed by atoms with Gasteiger partial charge >= 0.3 is 0 Å². The van der Waals surface area contributed by atoms with Crippen molar-refractivity contribution in [1.82, 2.24) is 19.2 Å². The molecular weight excluding hydrogens is 416 g/mol. The summed E-state index contributed by atoms with van der Waals surface area (Å²) in [6.07, 6.45) is 5.63. The standard InChI is InChI=1S/C22H32N4O4S/c1-5-8-25(4)13-21-16(2)12-26(17(3)14-27)31(28,29)22-7-6-18(9-20(22)30-21)19-10-23-15-24-11-19/h6-7,9-11,15-17,21,27H,5,8,12-14H2,1-4H3/t16-,17-,21-/m1/s1. The Morgan fingerprint density at radius 3 is 2.65 bits per heavy atom. The Balaban J connectivity index is 2.10. The van der Waals surface area contributed by atoms with Crippen LogP contribution in [0.5, 0.6) is 5.75 Å². The van der Waals surface area contributed by atoms with Crippen LogP contribution in [-0.4, -0.2) is 78.1 Å². The van der Waals surface area contributed by atoms with Crippen molar-refractivity contribution in [3.8, 4) is 16.9 Å². The third-order valence-corrected chi connectivity index (χ3v) is 7.68. The predicted octanol–water partition coefficient (Wildman–Crippen LogP) is 2.25. The van der Waals surface area contributed by atoms with Crippen molar-refractivity contribution >= 4 is 10.0 Å². The first-order chi connectivity index (χ1) is 14.8. The van der Waals surface area contributed by atoms with E-state index in [2.05, 4.69) is 21.8 Å². The van der Waals surface area contributed by atoms with E-state index in [0.717, 1.165) is 24.1 Å². The van der Waals surface area contributed by atoms with Gasteiger partial charge in [0.2, 0.25) is 10.0 Å². The normalized spacial score (nSPS) is 22.3. The van der Waals surface area contributed by atoms with E-state index in [1.54, 1.807) is 37.5 Å². The topological polar surface area (TPSA) is 95.9 Å². The summed E-state index contributed by atoms with van der Waals surface area (Å²) >= 11 is 0. The molecule has 1 aliphatic rings. The highest BCUT2D eigenvalue weighted by Gasteiger charge is 2.38. The summed E-state index contributed by atoms with van der Waals surface area (Å²) in [5.41, 5.74) is 1.56. The molecule has 0 saturated heterocycles. The van der Waals surface area contributed by atoms with Crippen molar-refractivity contribution in [2.75, 3.05) is 33.3 Å². The Hall–Kier alpha value is -2.07. The fraction of sp³-hybridized carbons (Fsp3) is 0.545. The molecule has 0 spiro atoms. The average Bonchev–Trinajstić information content (AvgIpc) is 2.76. The number of aromatic nitrogens is 2. The number of fused-ring (bicyclic) bond motifs is 1. The molecule has 0 unspecified atom stereocenters. The van der Waals surface area contributed by atoms with Gasteiger partial charge in [-0.05, 0) is 44.6 Å². The molecule has 0 amide bonds. The lowest BCUT2D eigenvalue weighted by atomic mass is 10.0. The third kappa shape index (κ3) is 5.23. The van der Waals surface area contributed by atoms with Gasteiger partial charge in [0.1, 0.15) is 23.1 Å². The van der Waals surface area contributed by atoms with Gasteiger partial charge in [0.05, 0.1) is 6.61 Å². The molecule has 0 aliphatic carbocycles. The third-order valence-electron chi connectivity index (χ3n) is 5.66. The van der Waals surface area contributed by atoms with E-state index in [0.29, 0.717) is 12.3 Å². The molecule has 1 aliphatic heterocycles. The summed E-state index contributed by atoms with van der Waals surface area (Å²) in [7, 11) is -1.80. The summed E-state index contributed by atoms with van der Waals surface area (Å²) in [6, 6.07) is 4.53. The van der Waals surface area contributed by atoms with Crippen LogP contribution < -0.4 is 4.74 Å². The van der Waals surface area contributed by atoms with Crippen molar-refractivity contribution in [1.29, 1.82) is 0 Å². The van der Waals surface area contributed by atoms with Crippen LogP contribution in [0.25, 0.3) is 11.1 Å². The lowest BCUT2D eigenvalue weighted by Gasteiger charge is -2.37. The monoisotopic (exact) mass is 448 g/mol. The molecule has 2 heterocycles. The van der Waals surface area contributed by atoms with Gasteiger partial charge in [-0.3, -0.25) is 0 Å². The summed E-state index contributed by atoms with van der Waals surface area (Å²) in [5.74, 6) is 0.248. The zero-order valence-corrected chi connectivity index (χ0v) is 19.4. The van der Waals surface area contributed by atoms with E-state index in [1.807, 2.05) is 14.0 Å². The minimum atomic E-state index is -3.84. The maximum atomic E-state index is 13.5.